The fourth-order valence-electron chi connectivity index (χ4n) is 4.57. The molecule has 0 saturated carbocycles. The first-order valence-electron chi connectivity index (χ1n) is 13.1. The van der Waals surface area contributed by atoms with E-state index in [1.165, 1.54) is 5.56 Å². The molecule has 2 aromatic carbocycles. The molecule has 0 radical (unpaired) electrons. The molecule has 5 aromatic rings. The van der Waals surface area contributed by atoms with E-state index in [0.29, 0.717) is 35.4 Å². The molecule has 3 N–H and O–H groups in total. The normalized spacial score (nSPS) is 11.9. The number of nitrogens with two attached hydrogens (primary N) is 1. The highest BCUT2D eigenvalue weighted by Gasteiger charge is 2.14. The molecule has 0 aliphatic heterocycles. The molecule has 0 aliphatic carbocycles. The molecule has 9 heteroatoms. The number of nitrogens with one attached hydrogen (secondary N) is 1. The SMILES string of the molecule is CC[C@@H](COc1cncc(-c2cc3c(cnc4cc(OC)c(OC)cc43)c(N)n2)c1)NCc1ccc(OC)cc1. The Balaban J connectivity index is 1.36. The van der Waals surface area contributed by atoms with Crippen molar-refractivity contribution in [1.82, 2.24) is 20.3 Å². The predicted molar refractivity (Wildman–Crippen MR) is 157 cm³/mol. The molecular formula is C31H33N5O4. The highest BCUT2D eigenvalue weighted by atomic mass is 16.5. The zero-order chi connectivity index (χ0) is 28.1. The lowest BCUT2D eigenvalue weighted by Gasteiger charge is -2.18. The maximum Gasteiger partial charge on any atom is 0.162 e. The topological polar surface area (TPSA) is 114 Å². The Morgan fingerprint density at radius 1 is 0.825 bits per heavy atom. The van der Waals surface area contributed by atoms with Gasteiger partial charge in [-0.2, -0.15) is 0 Å². The second-order valence-corrected chi connectivity index (χ2v) is 9.39. The zero-order valence-electron chi connectivity index (χ0n) is 23.1. The molecule has 0 amide bonds. The van der Waals surface area contributed by atoms with E-state index in [1.54, 1.807) is 39.9 Å². The minimum Gasteiger partial charge on any atom is -0.497 e. The number of ether oxygens (including phenoxy) is 4. The van der Waals surface area contributed by atoms with Crippen LogP contribution in [0.2, 0.25) is 0 Å². The van der Waals surface area contributed by atoms with Crippen LogP contribution >= 0.6 is 0 Å². The summed E-state index contributed by atoms with van der Waals surface area (Å²) in [4.78, 5) is 13.6. The van der Waals surface area contributed by atoms with Gasteiger partial charge in [-0.25, -0.2) is 4.98 Å². The Bertz CT molecular complexity index is 1620. The van der Waals surface area contributed by atoms with Gasteiger partial charge in [-0.3, -0.25) is 9.97 Å². The van der Waals surface area contributed by atoms with Gasteiger partial charge in [0.2, 0.25) is 0 Å². The van der Waals surface area contributed by atoms with Crippen molar-refractivity contribution >= 4 is 27.5 Å². The van der Waals surface area contributed by atoms with Gasteiger partial charge in [0.25, 0.3) is 0 Å². The number of hydrogen-bond acceptors (Lipinski definition) is 9. The van der Waals surface area contributed by atoms with E-state index < -0.39 is 0 Å². The number of fused-ring (bicyclic) bond motifs is 3. The standard InChI is InChI=1S/C31H33N5O4/c1-5-21(34-14-19-6-8-22(37-2)9-7-19)18-40-23-10-20(15-33-16-23)27-11-24-25-12-29(38-3)30(39-4)13-28(25)35-17-26(24)31(32)36-27/h6-13,15-17,21,34H,5,14,18H2,1-4H3,(H2,32,36)/t21-/m0/s1. The van der Waals surface area contributed by atoms with Crippen LogP contribution < -0.4 is 30.0 Å². The molecule has 206 valence electrons. The molecule has 0 aliphatic rings. The highest BCUT2D eigenvalue weighted by molar-refractivity contribution is 6.10. The van der Waals surface area contributed by atoms with Crippen LogP contribution in [-0.2, 0) is 6.54 Å². The van der Waals surface area contributed by atoms with Crippen LogP contribution in [0, 0.1) is 0 Å². The van der Waals surface area contributed by atoms with Gasteiger partial charge in [-0.15, -0.1) is 0 Å². The summed E-state index contributed by atoms with van der Waals surface area (Å²) < 4.78 is 22.4. The lowest BCUT2D eigenvalue weighted by molar-refractivity contribution is 0.258. The summed E-state index contributed by atoms with van der Waals surface area (Å²) in [5.74, 6) is 3.12. The van der Waals surface area contributed by atoms with Crippen molar-refractivity contribution in [2.24, 2.45) is 0 Å². The first kappa shape index (κ1) is 27.0. The number of nitrogens with zero attached hydrogens (tertiary/aromatic N) is 3. The largest absolute Gasteiger partial charge is 0.497 e. The minimum absolute atomic E-state index is 0.172. The quantitative estimate of drug-likeness (QED) is 0.213. The molecule has 1 atom stereocenters. The Morgan fingerprint density at radius 3 is 2.33 bits per heavy atom. The van der Waals surface area contributed by atoms with Crippen molar-refractivity contribution in [3.63, 3.8) is 0 Å². The third-order valence-electron chi connectivity index (χ3n) is 6.92. The van der Waals surface area contributed by atoms with Crippen molar-refractivity contribution in [3.8, 4) is 34.3 Å². The van der Waals surface area contributed by atoms with E-state index in [9.17, 15) is 0 Å². The van der Waals surface area contributed by atoms with Gasteiger partial charge in [0, 0.05) is 47.4 Å². The van der Waals surface area contributed by atoms with Gasteiger partial charge in [0.1, 0.15) is 23.9 Å². The summed E-state index contributed by atoms with van der Waals surface area (Å²) >= 11 is 0. The summed E-state index contributed by atoms with van der Waals surface area (Å²) in [5, 5.41) is 6.12. The van der Waals surface area contributed by atoms with Gasteiger partial charge in [-0.05, 0) is 47.7 Å². The second kappa shape index (κ2) is 12.0. The Hall–Kier alpha value is -4.63. The molecule has 9 nitrogen and oxygen atoms in total. The second-order valence-electron chi connectivity index (χ2n) is 9.39. The number of aromatic nitrogens is 3. The predicted octanol–water partition coefficient (Wildman–Crippen LogP) is 5.40. The van der Waals surface area contributed by atoms with Crippen molar-refractivity contribution in [1.29, 1.82) is 0 Å². The van der Waals surface area contributed by atoms with Crippen molar-refractivity contribution in [2.45, 2.75) is 25.9 Å². The van der Waals surface area contributed by atoms with Gasteiger partial charge in [0.15, 0.2) is 11.5 Å². The number of methoxy groups -OCH3 is 3. The molecule has 5 rings (SSSR count). The first-order chi connectivity index (χ1) is 19.5. The van der Waals surface area contributed by atoms with E-state index in [4.69, 9.17) is 24.7 Å². The summed E-state index contributed by atoms with van der Waals surface area (Å²) in [6.45, 7) is 3.38. The third kappa shape index (κ3) is 5.69. The summed E-state index contributed by atoms with van der Waals surface area (Å²) in [6, 6.07) is 15.9. The molecule has 0 saturated heterocycles. The average Bonchev–Trinajstić information content (AvgIpc) is 3.00. The van der Waals surface area contributed by atoms with Crippen LogP contribution in [0.1, 0.15) is 18.9 Å². The van der Waals surface area contributed by atoms with E-state index in [2.05, 4.69) is 39.3 Å². The number of nitrogen functional groups attached to an aromatic ring is 1. The van der Waals surface area contributed by atoms with Gasteiger partial charge >= 0.3 is 0 Å². The van der Waals surface area contributed by atoms with Crippen LogP contribution in [0.25, 0.3) is 32.9 Å². The van der Waals surface area contributed by atoms with Crippen LogP contribution in [-0.4, -0.2) is 48.9 Å². The molecule has 0 spiro atoms. The molecule has 0 fully saturated rings. The highest BCUT2D eigenvalue weighted by Crippen LogP contribution is 2.37. The lowest BCUT2D eigenvalue weighted by atomic mass is 10.0. The molecule has 0 unspecified atom stereocenters. The van der Waals surface area contributed by atoms with Crippen LogP contribution in [0.3, 0.4) is 0 Å². The maximum absolute atomic E-state index is 6.39. The summed E-state index contributed by atoms with van der Waals surface area (Å²) in [5.41, 5.74) is 9.83. The summed E-state index contributed by atoms with van der Waals surface area (Å²) in [6.07, 6.45) is 6.12. The minimum atomic E-state index is 0.172. The maximum atomic E-state index is 6.39. The van der Waals surface area contributed by atoms with Crippen molar-refractivity contribution in [3.05, 3.63) is 72.7 Å². The van der Waals surface area contributed by atoms with Crippen molar-refractivity contribution < 1.29 is 18.9 Å². The molecule has 3 aromatic heterocycles. The van der Waals surface area contributed by atoms with E-state index in [0.717, 1.165) is 46.0 Å². The van der Waals surface area contributed by atoms with Crippen molar-refractivity contribution in [2.75, 3.05) is 33.7 Å². The molecule has 3 heterocycles. The number of hydrogen-bond donors (Lipinski definition) is 2. The number of benzene rings is 2. The number of rotatable bonds is 11. The Morgan fingerprint density at radius 2 is 1.60 bits per heavy atom. The van der Waals surface area contributed by atoms with Gasteiger partial charge in [-0.1, -0.05) is 19.1 Å². The zero-order valence-corrected chi connectivity index (χ0v) is 23.1. The average molecular weight is 540 g/mol. The van der Waals surface area contributed by atoms with Gasteiger partial charge < -0.3 is 30.0 Å². The van der Waals surface area contributed by atoms with Crippen LogP contribution in [0.15, 0.2) is 67.1 Å². The fraction of sp³-hybridized carbons (Fsp3) is 0.258. The number of pyridine rings is 3. The smallest absolute Gasteiger partial charge is 0.162 e. The monoisotopic (exact) mass is 539 g/mol. The summed E-state index contributed by atoms with van der Waals surface area (Å²) in [7, 11) is 4.88. The van der Waals surface area contributed by atoms with Crippen LogP contribution in [0.4, 0.5) is 5.82 Å². The fourth-order valence-corrected chi connectivity index (χ4v) is 4.57. The van der Waals surface area contributed by atoms with E-state index in [1.807, 2.05) is 36.4 Å². The van der Waals surface area contributed by atoms with Crippen LogP contribution in [0.5, 0.6) is 23.0 Å². The first-order valence-corrected chi connectivity index (χ1v) is 13.1. The van der Waals surface area contributed by atoms with E-state index >= 15 is 0 Å². The molecule has 40 heavy (non-hydrogen) atoms. The lowest BCUT2D eigenvalue weighted by Crippen LogP contribution is -2.33. The Kier molecular flexibility index (Phi) is 8.12. The third-order valence-corrected chi connectivity index (χ3v) is 6.92. The number of anilines is 1. The Labute approximate surface area is 233 Å². The molecular weight excluding hydrogens is 506 g/mol. The van der Waals surface area contributed by atoms with E-state index in [-0.39, 0.29) is 6.04 Å². The van der Waals surface area contributed by atoms with Gasteiger partial charge in [0.05, 0.1) is 38.7 Å². The molecule has 0 bridgehead atoms.